The first-order valence-electron chi connectivity index (χ1n) is 8.82. The van der Waals surface area contributed by atoms with Crippen molar-refractivity contribution in [1.29, 1.82) is 0 Å². The highest BCUT2D eigenvalue weighted by Crippen LogP contribution is 2.35. The highest BCUT2D eigenvalue weighted by molar-refractivity contribution is 5.76. The van der Waals surface area contributed by atoms with Crippen molar-refractivity contribution in [3.63, 3.8) is 0 Å². The maximum absolute atomic E-state index is 12.2. The van der Waals surface area contributed by atoms with E-state index in [0.29, 0.717) is 18.7 Å². The molecule has 2 N–H and O–H groups in total. The van der Waals surface area contributed by atoms with Crippen LogP contribution in [0.15, 0.2) is 29.1 Å². The molecule has 0 bridgehead atoms. The maximum Gasteiger partial charge on any atom is 0.251 e. The summed E-state index contributed by atoms with van der Waals surface area (Å²) in [6.45, 7) is 2.03. The van der Waals surface area contributed by atoms with Crippen LogP contribution in [0.1, 0.15) is 42.3 Å². The summed E-state index contributed by atoms with van der Waals surface area (Å²) in [5.41, 5.74) is 1.75. The van der Waals surface area contributed by atoms with Crippen molar-refractivity contribution in [2.24, 2.45) is 0 Å². The van der Waals surface area contributed by atoms with Gasteiger partial charge in [0, 0.05) is 24.4 Å². The number of aromatic amines is 1. The van der Waals surface area contributed by atoms with E-state index in [1.165, 1.54) is 0 Å². The molecule has 1 saturated carbocycles. The lowest BCUT2D eigenvalue weighted by atomic mass is 9.78. The lowest BCUT2D eigenvalue weighted by Gasteiger charge is -2.35. The average Bonchev–Trinajstić information content (AvgIpc) is 3.02. The van der Waals surface area contributed by atoms with Crippen LogP contribution in [0.25, 0.3) is 0 Å². The van der Waals surface area contributed by atoms with Gasteiger partial charge in [-0.1, -0.05) is 6.07 Å². The lowest BCUT2D eigenvalue weighted by Crippen LogP contribution is -2.43. The van der Waals surface area contributed by atoms with E-state index in [1.54, 1.807) is 13.0 Å². The van der Waals surface area contributed by atoms with Gasteiger partial charge in [0.25, 0.3) is 5.56 Å². The number of carbonyl (C=O) groups excluding carboxylic acids is 1. The van der Waals surface area contributed by atoms with Gasteiger partial charge in [-0.25, -0.2) is 4.98 Å². The molecule has 7 nitrogen and oxygen atoms in total. The summed E-state index contributed by atoms with van der Waals surface area (Å²) < 4.78 is 10.6. The predicted octanol–water partition coefficient (Wildman–Crippen LogP) is 1.80. The molecule has 1 aromatic carbocycles. The minimum Gasteiger partial charge on any atom is -0.454 e. The van der Waals surface area contributed by atoms with Crippen molar-refractivity contribution in [2.75, 3.05) is 6.79 Å². The molecule has 4 rings (SSSR count). The number of nitrogens with zero attached hydrogens (tertiary/aromatic N) is 1. The number of nitrogens with one attached hydrogen (secondary N) is 2. The summed E-state index contributed by atoms with van der Waals surface area (Å²) in [4.78, 5) is 30.7. The van der Waals surface area contributed by atoms with Crippen molar-refractivity contribution in [3.05, 3.63) is 51.7 Å². The third-order valence-electron chi connectivity index (χ3n) is 4.88. The molecule has 0 atom stereocenters. The Hall–Kier alpha value is -2.83. The number of aryl methyl sites for hydroxylation is 2. The van der Waals surface area contributed by atoms with Crippen LogP contribution < -0.4 is 20.3 Å². The standard InChI is InChI=1S/C19H21N3O4/c1-11-20-15(9-19(24)21-11)13-7-14(8-13)22-18(23)5-3-12-2-4-16-17(6-12)26-10-25-16/h2,4,6,9,13-14H,3,5,7-8,10H2,1H3,(H,22,23)(H,20,21,24). The minimum atomic E-state index is -0.122. The van der Waals surface area contributed by atoms with Crippen LogP contribution in [-0.4, -0.2) is 28.7 Å². The molecule has 1 aliphatic carbocycles. The van der Waals surface area contributed by atoms with Gasteiger partial charge in [0.1, 0.15) is 5.82 Å². The quantitative estimate of drug-likeness (QED) is 0.853. The SMILES string of the molecule is Cc1nc(C2CC(NC(=O)CCc3ccc4c(c3)OCO4)C2)cc(=O)[nH]1. The molecule has 7 heteroatoms. The zero-order valence-corrected chi connectivity index (χ0v) is 14.6. The molecule has 0 unspecified atom stereocenters. The van der Waals surface area contributed by atoms with Crippen LogP contribution in [-0.2, 0) is 11.2 Å². The molecule has 1 aromatic heterocycles. The molecule has 0 radical (unpaired) electrons. The van der Waals surface area contributed by atoms with E-state index in [2.05, 4.69) is 15.3 Å². The number of benzene rings is 1. The largest absolute Gasteiger partial charge is 0.454 e. The Bertz CT molecular complexity index is 887. The van der Waals surface area contributed by atoms with E-state index in [-0.39, 0.29) is 30.2 Å². The summed E-state index contributed by atoms with van der Waals surface area (Å²) in [7, 11) is 0. The summed E-state index contributed by atoms with van der Waals surface area (Å²) in [5.74, 6) is 2.41. The van der Waals surface area contributed by atoms with Crippen molar-refractivity contribution < 1.29 is 14.3 Å². The Morgan fingerprint density at radius 1 is 1.27 bits per heavy atom. The van der Waals surface area contributed by atoms with Gasteiger partial charge in [-0.15, -0.1) is 0 Å². The second kappa shape index (κ2) is 6.82. The lowest BCUT2D eigenvalue weighted by molar-refractivity contribution is -0.122. The number of amides is 1. The van der Waals surface area contributed by atoms with Crippen LogP contribution in [0.3, 0.4) is 0 Å². The highest BCUT2D eigenvalue weighted by Gasteiger charge is 2.32. The Balaban J connectivity index is 1.24. The molecule has 1 amide bonds. The number of H-pyrrole nitrogens is 1. The highest BCUT2D eigenvalue weighted by atomic mass is 16.7. The Labute approximate surface area is 150 Å². The van der Waals surface area contributed by atoms with Gasteiger partial charge in [0.05, 0.1) is 5.69 Å². The molecule has 1 aliphatic heterocycles. The summed E-state index contributed by atoms with van der Waals surface area (Å²) in [6.07, 6.45) is 2.74. The number of hydrogen-bond acceptors (Lipinski definition) is 5. The van der Waals surface area contributed by atoms with Gasteiger partial charge >= 0.3 is 0 Å². The monoisotopic (exact) mass is 355 g/mol. The van der Waals surface area contributed by atoms with Crippen LogP contribution in [0.4, 0.5) is 0 Å². The fourth-order valence-corrected chi connectivity index (χ4v) is 3.44. The smallest absolute Gasteiger partial charge is 0.251 e. The molecular formula is C19H21N3O4. The van der Waals surface area contributed by atoms with Gasteiger partial charge in [-0.2, -0.15) is 0 Å². The second-order valence-electron chi connectivity index (χ2n) is 6.88. The Kier molecular flexibility index (Phi) is 4.36. The number of aromatic nitrogens is 2. The van der Waals surface area contributed by atoms with Crippen molar-refractivity contribution in [1.82, 2.24) is 15.3 Å². The number of fused-ring (bicyclic) bond motifs is 1. The molecule has 2 aromatic rings. The van der Waals surface area contributed by atoms with E-state index in [9.17, 15) is 9.59 Å². The first-order valence-corrected chi connectivity index (χ1v) is 8.82. The molecule has 0 spiro atoms. The molecule has 136 valence electrons. The third-order valence-corrected chi connectivity index (χ3v) is 4.88. The number of ether oxygens (including phenoxy) is 2. The molecule has 2 heterocycles. The first-order chi connectivity index (χ1) is 12.6. The number of hydrogen-bond donors (Lipinski definition) is 2. The first kappa shape index (κ1) is 16.6. The van der Waals surface area contributed by atoms with E-state index in [4.69, 9.17) is 9.47 Å². The molecule has 0 saturated heterocycles. The fraction of sp³-hybridized carbons (Fsp3) is 0.421. The second-order valence-corrected chi connectivity index (χ2v) is 6.88. The van der Waals surface area contributed by atoms with Gasteiger partial charge in [0.2, 0.25) is 12.7 Å². The van der Waals surface area contributed by atoms with Crippen molar-refractivity contribution >= 4 is 5.91 Å². The van der Waals surface area contributed by atoms with Gasteiger partial charge < -0.3 is 19.8 Å². The topological polar surface area (TPSA) is 93.3 Å². The van der Waals surface area contributed by atoms with Gasteiger partial charge in [-0.3, -0.25) is 9.59 Å². The zero-order chi connectivity index (χ0) is 18.1. The maximum atomic E-state index is 12.2. The van der Waals surface area contributed by atoms with Gasteiger partial charge in [-0.05, 0) is 43.9 Å². The number of rotatable bonds is 5. The Morgan fingerprint density at radius 3 is 2.88 bits per heavy atom. The van der Waals surface area contributed by atoms with Gasteiger partial charge in [0.15, 0.2) is 11.5 Å². The summed E-state index contributed by atoms with van der Waals surface area (Å²) >= 11 is 0. The zero-order valence-electron chi connectivity index (χ0n) is 14.6. The average molecular weight is 355 g/mol. The Morgan fingerprint density at radius 2 is 2.08 bits per heavy atom. The molecule has 2 aliphatic rings. The minimum absolute atomic E-state index is 0.0427. The van der Waals surface area contributed by atoms with Crippen molar-refractivity contribution in [2.45, 2.75) is 44.6 Å². The summed E-state index contributed by atoms with van der Waals surface area (Å²) in [5, 5.41) is 3.06. The van der Waals surface area contributed by atoms with E-state index in [0.717, 1.165) is 35.6 Å². The van der Waals surface area contributed by atoms with E-state index < -0.39 is 0 Å². The third kappa shape index (κ3) is 3.56. The fourth-order valence-electron chi connectivity index (χ4n) is 3.44. The molecular weight excluding hydrogens is 334 g/mol. The van der Waals surface area contributed by atoms with Crippen LogP contribution in [0, 0.1) is 6.92 Å². The number of carbonyl (C=O) groups is 1. The van der Waals surface area contributed by atoms with Crippen LogP contribution in [0.2, 0.25) is 0 Å². The molecule has 26 heavy (non-hydrogen) atoms. The predicted molar refractivity (Wildman–Crippen MR) is 94.4 cm³/mol. The normalized spacial score (nSPS) is 20.5. The van der Waals surface area contributed by atoms with Crippen molar-refractivity contribution in [3.8, 4) is 11.5 Å². The summed E-state index contributed by atoms with van der Waals surface area (Å²) in [6, 6.07) is 7.47. The van der Waals surface area contributed by atoms with Crippen LogP contribution >= 0.6 is 0 Å². The molecule has 1 fully saturated rings. The van der Waals surface area contributed by atoms with E-state index >= 15 is 0 Å². The van der Waals surface area contributed by atoms with Crippen LogP contribution in [0.5, 0.6) is 11.5 Å². The van der Waals surface area contributed by atoms with E-state index in [1.807, 2.05) is 18.2 Å².